The number of aryl methyl sites for hydroxylation is 1. The molecule has 7 heteroatoms. The van der Waals surface area contributed by atoms with Crippen LogP contribution in [0.5, 0.6) is 5.75 Å². The third-order valence-corrected chi connectivity index (χ3v) is 5.28. The van der Waals surface area contributed by atoms with Gasteiger partial charge in [-0.3, -0.25) is 19.1 Å². The Morgan fingerprint density at radius 1 is 0.931 bits per heavy atom. The van der Waals surface area contributed by atoms with E-state index in [9.17, 15) is 14.4 Å². The Balaban J connectivity index is 2.00. The number of H-pyrrole nitrogens is 1. The largest absolute Gasteiger partial charge is 0.497 e. The number of ether oxygens (including phenoxy) is 1. The maximum absolute atomic E-state index is 13.3. The van der Waals surface area contributed by atoms with E-state index in [1.54, 1.807) is 50.6 Å². The number of aromatic nitrogens is 3. The molecule has 7 nitrogen and oxygen atoms in total. The van der Waals surface area contributed by atoms with Gasteiger partial charge in [0.1, 0.15) is 5.75 Å². The molecular weight excluding hydrogens is 370 g/mol. The van der Waals surface area contributed by atoms with Crippen molar-refractivity contribution in [3.05, 3.63) is 80.5 Å². The number of fused-ring (bicyclic) bond motifs is 4. The number of hydrogen-bond acceptors (Lipinski definition) is 5. The number of carbonyl (C=O) groups is 1. The van der Waals surface area contributed by atoms with Gasteiger partial charge in [-0.25, -0.2) is 9.78 Å². The van der Waals surface area contributed by atoms with E-state index in [-0.39, 0.29) is 16.8 Å². The maximum atomic E-state index is 13.3. The molecule has 0 fully saturated rings. The van der Waals surface area contributed by atoms with Crippen LogP contribution in [-0.4, -0.2) is 27.4 Å². The molecule has 142 valence electrons. The Hall–Kier alpha value is -4.00. The lowest BCUT2D eigenvalue weighted by Crippen LogP contribution is -2.29. The van der Waals surface area contributed by atoms with Gasteiger partial charge in [-0.1, -0.05) is 36.4 Å². The molecule has 0 saturated carbocycles. The summed E-state index contributed by atoms with van der Waals surface area (Å²) in [5, 5.41) is 0.206. The lowest BCUT2D eigenvalue weighted by molar-refractivity contribution is 0.104. The van der Waals surface area contributed by atoms with Gasteiger partial charge >= 0.3 is 5.69 Å². The molecule has 1 aliphatic rings. The molecule has 4 aromatic rings. The zero-order valence-corrected chi connectivity index (χ0v) is 15.6. The fourth-order valence-corrected chi connectivity index (χ4v) is 3.85. The second-order valence-corrected chi connectivity index (χ2v) is 6.83. The van der Waals surface area contributed by atoms with E-state index in [1.807, 2.05) is 12.1 Å². The Kier molecular flexibility index (Phi) is 3.54. The smallest absolute Gasteiger partial charge is 0.329 e. The number of aromatic amines is 1. The molecule has 0 aliphatic heterocycles. The van der Waals surface area contributed by atoms with Crippen LogP contribution in [-0.2, 0) is 7.05 Å². The zero-order chi connectivity index (χ0) is 20.3. The predicted molar refractivity (Wildman–Crippen MR) is 108 cm³/mol. The van der Waals surface area contributed by atoms with E-state index in [0.717, 1.165) is 0 Å². The highest BCUT2D eigenvalue weighted by Gasteiger charge is 2.33. The molecule has 0 unspecified atom stereocenters. The number of carbonyl (C=O) groups excluding carboxylic acids is 1. The topological polar surface area (TPSA) is 94.0 Å². The molecule has 0 amide bonds. The SMILES string of the molecule is COc1ccc(-c2c3c(nc4c2c(=O)[nH]c(=O)n4C)-c2ccccc2C3=O)cc1. The number of pyridine rings is 1. The van der Waals surface area contributed by atoms with Crippen molar-refractivity contribution in [2.45, 2.75) is 0 Å². The molecule has 29 heavy (non-hydrogen) atoms. The Bertz CT molecular complexity index is 1450. The van der Waals surface area contributed by atoms with Crippen molar-refractivity contribution >= 4 is 16.8 Å². The molecule has 0 bridgehead atoms. The van der Waals surface area contributed by atoms with Crippen molar-refractivity contribution < 1.29 is 9.53 Å². The lowest BCUT2D eigenvalue weighted by Gasteiger charge is -2.13. The van der Waals surface area contributed by atoms with Gasteiger partial charge < -0.3 is 4.74 Å². The molecular formula is C22H15N3O4. The van der Waals surface area contributed by atoms with E-state index >= 15 is 0 Å². The first kappa shape index (κ1) is 17.1. The van der Waals surface area contributed by atoms with Crippen LogP contribution in [0.4, 0.5) is 0 Å². The summed E-state index contributed by atoms with van der Waals surface area (Å²) in [5.41, 5.74) is 2.29. The third-order valence-electron chi connectivity index (χ3n) is 5.28. The van der Waals surface area contributed by atoms with Crippen LogP contribution < -0.4 is 16.0 Å². The quantitative estimate of drug-likeness (QED) is 0.504. The maximum Gasteiger partial charge on any atom is 0.329 e. The van der Waals surface area contributed by atoms with Crippen molar-refractivity contribution in [2.24, 2.45) is 7.05 Å². The average Bonchev–Trinajstić information content (AvgIpc) is 3.03. The molecule has 1 aliphatic carbocycles. The van der Waals surface area contributed by atoms with Crippen LogP contribution in [0.2, 0.25) is 0 Å². The van der Waals surface area contributed by atoms with E-state index in [0.29, 0.717) is 39.3 Å². The summed E-state index contributed by atoms with van der Waals surface area (Å²) >= 11 is 0. The van der Waals surface area contributed by atoms with Gasteiger partial charge in [-0.05, 0) is 17.7 Å². The second kappa shape index (κ2) is 6.00. The fraction of sp³-hybridized carbons (Fsp3) is 0.0909. The molecule has 5 rings (SSSR count). The molecule has 0 atom stereocenters. The van der Waals surface area contributed by atoms with Crippen LogP contribution in [0.1, 0.15) is 15.9 Å². The summed E-state index contributed by atoms with van der Waals surface area (Å²) < 4.78 is 6.51. The van der Waals surface area contributed by atoms with Crippen LogP contribution in [0, 0.1) is 0 Å². The van der Waals surface area contributed by atoms with Crippen molar-refractivity contribution in [3.63, 3.8) is 0 Å². The number of ketones is 1. The zero-order valence-electron chi connectivity index (χ0n) is 15.6. The monoisotopic (exact) mass is 385 g/mol. The number of methoxy groups -OCH3 is 1. The summed E-state index contributed by atoms with van der Waals surface area (Å²) in [5.74, 6) is 0.462. The van der Waals surface area contributed by atoms with E-state index in [1.165, 1.54) is 4.57 Å². The minimum Gasteiger partial charge on any atom is -0.497 e. The normalized spacial score (nSPS) is 12.1. The first-order chi connectivity index (χ1) is 14.0. The standard InChI is InChI=1S/C22H15N3O4/c1-25-20-17(21(27)24-22(25)28)15(11-7-9-12(29-2)10-8-11)16-18(23-20)13-5-3-4-6-14(13)19(16)26/h3-10H,1-2H3,(H,24,27,28). The summed E-state index contributed by atoms with van der Waals surface area (Å²) in [6.45, 7) is 0. The van der Waals surface area contributed by atoms with Gasteiger partial charge in [-0.15, -0.1) is 0 Å². The molecule has 0 saturated heterocycles. The molecule has 2 heterocycles. The summed E-state index contributed by atoms with van der Waals surface area (Å²) in [7, 11) is 3.11. The Morgan fingerprint density at radius 3 is 2.31 bits per heavy atom. The minimum absolute atomic E-state index is 0.191. The van der Waals surface area contributed by atoms with Gasteiger partial charge in [-0.2, -0.15) is 0 Å². The average molecular weight is 385 g/mol. The number of nitrogens with one attached hydrogen (secondary N) is 1. The van der Waals surface area contributed by atoms with Crippen LogP contribution >= 0.6 is 0 Å². The predicted octanol–water partition coefficient (Wildman–Crippen LogP) is 2.51. The first-order valence-corrected chi connectivity index (χ1v) is 8.97. The van der Waals surface area contributed by atoms with E-state index < -0.39 is 11.2 Å². The van der Waals surface area contributed by atoms with E-state index in [4.69, 9.17) is 4.74 Å². The van der Waals surface area contributed by atoms with Crippen molar-refractivity contribution in [1.29, 1.82) is 0 Å². The van der Waals surface area contributed by atoms with Gasteiger partial charge in [0.25, 0.3) is 5.56 Å². The highest BCUT2D eigenvalue weighted by molar-refractivity contribution is 6.26. The van der Waals surface area contributed by atoms with Crippen molar-refractivity contribution in [3.8, 4) is 28.1 Å². The second-order valence-electron chi connectivity index (χ2n) is 6.83. The van der Waals surface area contributed by atoms with Crippen LogP contribution in [0.15, 0.2) is 58.1 Å². The lowest BCUT2D eigenvalue weighted by atomic mass is 9.95. The number of rotatable bonds is 2. The van der Waals surface area contributed by atoms with Crippen molar-refractivity contribution in [2.75, 3.05) is 7.11 Å². The highest BCUT2D eigenvalue weighted by atomic mass is 16.5. The minimum atomic E-state index is -0.576. The molecule has 2 aromatic carbocycles. The highest BCUT2D eigenvalue weighted by Crippen LogP contribution is 2.42. The van der Waals surface area contributed by atoms with Gasteiger partial charge in [0.2, 0.25) is 0 Å². The van der Waals surface area contributed by atoms with Crippen molar-refractivity contribution in [1.82, 2.24) is 14.5 Å². The fourth-order valence-electron chi connectivity index (χ4n) is 3.85. The Morgan fingerprint density at radius 2 is 1.62 bits per heavy atom. The summed E-state index contributed by atoms with van der Waals surface area (Å²) in [4.78, 5) is 45.2. The number of benzene rings is 2. The number of hydrogen-bond donors (Lipinski definition) is 1. The third kappa shape index (κ3) is 2.30. The van der Waals surface area contributed by atoms with Crippen LogP contribution in [0.3, 0.4) is 0 Å². The van der Waals surface area contributed by atoms with Gasteiger partial charge in [0, 0.05) is 23.7 Å². The van der Waals surface area contributed by atoms with Crippen LogP contribution in [0.25, 0.3) is 33.4 Å². The molecule has 0 radical (unpaired) electrons. The Labute approximate surface area is 164 Å². The molecule has 2 aromatic heterocycles. The first-order valence-electron chi connectivity index (χ1n) is 8.97. The van der Waals surface area contributed by atoms with Gasteiger partial charge in [0.15, 0.2) is 11.4 Å². The van der Waals surface area contributed by atoms with E-state index in [2.05, 4.69) is 9.97 Å². The summed E-state index contributed by atoms with van der Waals surface area (Å²) in [6, 6.07) is 14.3. The van der Waals surface area contributed by atoms with Gasteiger partial charge in [0.05, 0.1) is 23.8 Å². The number of nitrogens with zero attached hydrogens (tertiary/aromatic N) is 2. The molecule has 0 spiro atoms. The summed E-state index contributed by atoms with van der Waals surface area (Å²) in [6.07, 6.45) is 0. The molecule has 1 N–H and O–H groups in total.